The predicted octanol–water partition coefficient (Wildman–Crippen LogP) is 2.15. The van der Waals surface area contributed by atoms with E-state index in [1.165, 1.54) is 11.6 Å². The van der Waals surface area contributed by atoms with Gasteiger partial charge in [-0.25, -0.2) is 4.98 Å². The average molecular weight is 441 g/mol. The van der Waals surface area contributed by atoms with E-state index in [2.05, 4.69) is 36.0 Å². The minimum absolute atomic E-state index is 0.0154. The van der Waals surface area contributed by atoms with Crippen LogP contribution in [0.2, 0.25) is 0 Å². The number of aromatic nitrogens is 2. The van der Waals surface area contributed by atoms with E-state index < -0.39 is 0 Å². The lowest BCUT2D eigenvalue weighted by Gasteiger charge is -2.47. The summed E-state index contributed by atoms with van der Waals surface area (Å²) in [5.74, 6) is 2.21. The van der Waals surface area contributed by atoms with Crippen molar-refractivity contribution >= 4 is 23.6 Å². The standard InChI is InChI=1S/C24H36N6O2/c1-5-21(32)30-14-24(15-30)9-10-29(13-24)23-27-19-8-6-7-18(19)22(28-23)26-17(11-16(2)3)12-20(31)25-4/h5,16-17H,1,6-15H2,2-4H3,(H,25,31)(H,26,27,28). The summed E-state index contributed by atoms with van der Waals surface area (Å²) >= 11 is 0. The SMILES string of the molecule is C=CC(=O)N1CC2(CCN(c3nc4c(c(NC(CC(=O)NC)CC(C)C)n3)CCC4)C2)C1. The molecule has 4 rings (SSSR count). The molecule has 2 N–H and O–H groups in total. The van der Waals surface area contributed by atoms with Gasteiger partial charge >= 0.3 is 0 Å². The van der Waals surface area contributed by atoms with Crippen molar-refractivity contribution in [3.05, 3.63) is 23.9 Å². The van der Waals surface area contributed by atoms with Crippen molar-refractivity contribution in [1.82, 2.24) is 20.2 Å². The summed E-state index contributed by atoms with van der Waals surface area (Å²) < 4.78 is 0. The Labute approximate surface area is 190 Å². The molecule has 2 saturated heterocycles. The molecule has 1 aromatic rings. The molecule has 2 aliphatic heterocycles. The second-order valence-corrected chi connectivity index (χ2v) is 10.1. The zero-order valence-electron chi connectivity index (χ0n) is 19.6. The Morgan fingerprint density at radius 1 is 1.22 bits per heavy atom. The molecule has 3 heterocycles. The molecule has 8 heteroatoms. The predicted molar refractivity (Wildman–Crippen MR) is 126 cm³/mol. The van der Waals surface area contributed by atoms with Gasteiger partial charge in [0, 0.05) is 56.7 Å². The third kappa shape index (κ3) is 4.59. The van der Waals surface area contributed by atoms with Crippen molar-refractivity contribution < 1.29 is 9.59 Å². The number of nitrogens with one attached hydrogen (secondary N) is 2. The normalized spacial score (nSPS) is 19.6. The Hall–Kier alpha value is -2.64. The number of likely N-dealkylation sites (tertiary alicyclic amines) is 1. The van der Waals surface area contributed by atoms with E-state index in [1.807, 2.05) is 4.90 Å². The van der Waals surface area contributed by atoms with Crippen LogP contribution in [-0.2, 0) is 22.4 Å². The number of hydrogen-bond acceptors (Lipinski definition) is 6. The van der Waals surface area contributed by atoms with Gasteiger partial charge in [-0.05, 0) is 44.1 Å². The highest BCUT2D eigenvalue weighted by Gasteiger charge is 2.49. The molecule has 1 atom stereocenters. The zero-order chi connectivity index (χ0) is 22.9. The highest BCUT2D eigenvalue weighted by molar-refractivity contribution is 5.87. The van der Waals surface area contributed by atoms with Crippen LogP contribution in [0.1, 0.15) is 50.8 Å². The van der Waals surface area contributed by atoms with Gasteiger partial charge in [0.05, 0.1) is 5.69 Å². The second kappa shape index (κ2) is 9.08. The Morgan fingerprint density at radius 2 is 2.00 bits per heavy atom. The number of carbonyl (C=O) groups is 2. The first-order chi connectivity index (χ1) is 15.3. The minimum Gasteiger partial charge on any atom is -0.366 e. The zero-order valence-corrected chi connectivity index (χ0v) is 19.6. The van der Waals surface area contributed by atoms with E-state index >= 15 is 0 Å². The van der Waals surface area contributed by atoms with Gasteiger partial charge in [0.1, 0.15) is 5.82 Å². The molecule has 1 aliphatic carbocycles. The maximum absolute atomic E-state index is 12.1. The summed E-state index contributed by atoms with van der Waals surface area (Å²) in [6, 6.07) is 0.0393. The molecule has 174 valence electrons. The molecule has 3 aliphatic rings. The van der Waals surface area contributed by atoms with Crippen LogP contribution in [0.25, 0.3) is 0 Å². The molecule has 0 saturated carbocycles. The summed E-state index contributed by atoms with van der Waals surface area (Å²) in [5.41, 5.74) is 2.49. The van der Waals surface area contributed by atoms with Crippen molar-refractivity contribution in [3.63, 3.8) is 0 Å². The van der Waals surface area contributed by atoms with Crippen molar-refractivity contribution in [3.8, 4) is 0 Å². The fourth-order valence-electron chi connectivity index (χ4n) is 5.37. The van der Waals surface area contributed by atoms with Crippen molar-refractivity contribution in [1.29, 1.82) is 0 Å². The molecule has 8 nitrogen and oxygen atoms in total. The van der Waals surface area contributed by atoms with Crippen LogP contribution in [0.3, 0.4) is 0 Å². The van der Waals surface area contributed by atoms with Crippen LogP contribution in [0.4, 0.5) is 11.8 Å². The van der Waals surface area contributed by atoms with Crippen LogP contribution in [0.5, 0.6) is 0 Å². The number of anilines is 2. The maximum Gasteiger partial charge on any atom is 0.245 e. The number of nitrogens with zero attached hydrogens (tertiary/aromatic N) is 4. The quantitative estimate of drug-likeness (QED) is 0.602. The highest BCUT2D eigenvalue weighted by Crippen LogP contribution is 2.41. The van der Waals surface area contributed by atoms with E-state index in [-0.39, 0.29) is 23.3 Å². The van der Waals surface area contributed by atoms with Gasteiger partial charge in [-0.15, -0.1) is 0 Å². The molecule has 32 heavy (non-hydrogen) atoms. The lowest BCUT2D eigenvalue weighted by molar-refractivity contribution is -0.136. The molecular weight excluding hydrogens is 404 g/mol. The summed E-state index contributed by atoms with van der Waals surface area (Å²) in [7, 11) is 1.68. The highest BCUT2D eigenvalue weighted by atomic mass is 16.2. The van der Waals surface area contributed by atoms with Crippen LogP contribution in [0, 0.1) is 11.3 Å². The van der Waals surface area contributed by atoms with E-state index in [1.54, 1.807) is 7.05 Å². The monoisotopic (exact) mass is 440 g/mol. The molecule has 0 bridgehead atoms. The topological polar surface area (TPSA) is 90.5 Å². The van der Waals surface area contributed by atoms with Gasteiger partial charge in [0.2, 0.25) is 17.8 Å². The van der Waals surface area contributed by atoms with E-state index in [4.69, 9.17) is 9.97 Å². The fourth-order valence-corrected chi connectivity index (χ4v) is 5.37. The molecule has 1 aromatic heterocycles. The smallest absolute Gasteiger partial charge is 0.245 e. The van der Waals surface area contributed by atoms with E-state index in [9.17, 15) is 9.59 Å². The van der Waals surface area contributed by atoms with Gasteiger partial charge in [0.15, 0.2) is 0 Å². The Kier molecular flexibility index (Phi) is 6.40. The van der Waals surface area contributed by atoms with Gasteiger partial charge in [-0.1, -0.05) is 20.4 Å². The molecule has 1 spiro atoms. The summed E-state index contributed by atoms with van der Waals surface area (Å²) in [5, 5.41) is 6.36. The number of rotatable bonds is 8. The number of amides is 2. The van der Waals surface area contributed by atoms with Gasteiger partial charge < -0.3 is 20.4 Å². The van der Waals surface area contributed by atoms with Crippen LogP contribution in [-0.4, -0.2) is 66.0 Å². The first-order valence-electron chi connectivity index (χ1n) is 11.9. The summed E-state index contributed by atoms with van der Waals surface area (Å²) in [6.07, 6.45) is 6.83. The van der Waals surface area contributed by atoms with E-state index in [0.717, 1.165) is 75.7 Å². The maximum atomic E-state index is 12.1. The molecule has 2 amide bonds. The van der Waals surface area contributed by atoms with Crippen LogP contribution in [0.15, 0.2) is 12.7 Å². The van der Waals surface area contributed by atoms with Gasteiger partial charge in [-0.3, -0.25) is 9.59 Å². The van der Waals surface area contributed by atoms with Crippen LogP contribution >= 0.6 is 0 Å². The Bertz CT molecular complexity index is 893. The summed E-state index contributed by atoms with van der Waals surface area (Å²) in [4.78, 5) is 38.0. The van der Waals surface area contributed by atoms with Crippen molar-refractivity contribution in [2.45, 2.75) is 58.4 Å². The molecule has 2 fully saturated rings. The lowest BCUT2D eigenvalue weighted by Crippen LogP contribution is -2.59. The minimum atomic E-state index is 0.0154. The van der Waals surface area contributed by atoms with Crippen LogP contribution < -0.4 is 15.5 Å². The van der Waals surface area contributed by atoms with Crippen molar-refractivity contribution in [2.24, 2.45) is 11.3 Å². The van der Waals surface area contributed by atoms with Crippen molar-refractivity contribution in [2.75, 3.05) is 43.4 Å². The Morgan fingerprint density at radius 3 is 2.69 bits per heavy atom. The summed E-state index contributed by atoms with van der Waals surface area (Å²) in [6.45, 7) is 11.3. The third-order valence-electron chi connectivity index (χ3n) is 6.99. The molecule has 1 unspecified atom stereocenters. The molecular formula is C24H36N6O2. The Balaban J connectivity index is 1.51. The van der Waals surface area contributed by atoms with Gasteiger partial charge in [0.25, 0.3) is 0 Å². The first-order valence-corrected chi connectivity index (χ1v) is 11.9. The molecule has 0 aromatic carbocycles. The fraction of sp³-hybridized carbons (Fsp3) is 0.667. The third-order valence-corrected chi connectivity index (χ3v) is 6.99. The lowest BCUT2D eigenvalue weighted by atomic mass is 9.79. The number of aryl methyl sites for hydroxylation is 1. The average Bonchev–Trinajstić information content (AvgIpc) is 3.38. The van der Waals surface area contributed by atoms with E-state index in [0.29, 0.717) is 12.3 Å². The largest absolute Gasteiger partial charge is 0.366 e. The molecule has 0 radical (unpaired) electrons. The number of fused-ring (bicyclic) bond motifs is 1. The number of carbonyl (C=O) groups excluding carboxylic acids is 2. The number of hydrogen-bond donors (Lipinski definition) is 2. The van der Waals surface area contributed by atoms with Gasteiger partial charge in [-0.2, -0.15) is 4.98 Å². The first kappa shape index (κ1) is 22.6. The second-order valence-electron chi connectivity index (χ2n) is 10.1.